The van der Waals surface area contributed by atoms with Crippen LogP contribution in [0.5, 0.6) is 0 Å². The summed E-state index contributed by atoms with van der Waals surface area (Å²) in [5.41, 5.74) is 12.0. The summed E-state index contributed by atoms with van der Waals surface area (Å²) in [4.78, 5) is 39.7. The van der Waals surface area contributed by atoms with Crippen molar-refractivity contribution in [2.75, 3.05) is 0 Å². The summed E-state index contributed by atoms with van der Waals surface area (Å²) in [6, 6.07) is 11.5. The Balaban J connectivity index is -0.0000000652. The molecule has 2 unspecified atom stereocenters. The molecule has 10 heteroatoms. The second-order valence-electron chi connectivity index (χ2n) is 6.30. The number of carbonyl (C=O) groups excluding carboxylic acids is 4. The Morgan fingerprint density at radius 1 is 0.786 bits per heavy atom. The van der Waals surface area contributed by atoms with E-state index >= 15 is 0 Å². The molecule has 0 saturated heterocycles. The van der Waals surface area contributed by atoms with E-state index in [0.29, 0.717) is 30.7 Å². The molecule has 2 heterocycles. The molecule has 0 fully saturated rings. The van der Waals surface area contributed by atoms with Crippen LogP contribution in [-0.4, -0.2) is 42.8 Å². The average molecular weight is 661 g/mol. The van der Waals surface area contributed by atoms with Gasteiger partial charge in [-0.3, -0.25) is 37.1 Å². The van der Waals surface area contributed by atoms with Crippen molar-refractivity contribution in [1.29, 1.82) is 0 Å². The summed E-state index contributed by atoms with van der Waals surface area (Å²) in [7, 11) is 0. The van der Waals surface area contributed by atoms with E-state index in [0.717, 1.165) is 22.8 Å². The van der Waals surface area contributed by atoms with Crippen LogP contribution in [0, 0.1) is 27.7 Å². The van der Waals surface area contributed by atoms with Crippen molar-refractivity contribution in [3.05, 3.63) is 110 Å². The molecule has 2 radical (unpaired) electrons. The molecule has 2 aromatic rings. The van der Waals surface area contributed by atoms with Crippen molar-refractivity contribution in [3.63, 3.8) is 0 Å². The summed E-state index contributed by atoms with van der Waals surface area (Å²) in [6.45, 7) is 40.1. The van der Waals surface area contributed by atoms with Gasteiger partial charge in [0.25, 0.3) is 0 Å². The first-order chi connectivity index (χ1) is 19.4. The second kappa shape index (κ2) is 48.0. The molecule has 0 aliphatic carbocycles. The maximum atomic E-state index is 9.54. The van der Waals surface area contributed by atoms with Crippen LogP contribution >= 0.6 is 0 Å². The fourth-order valence-electron chi connectivity index (χ4n) is 2.44. The second-order valence-corrected chi connectivity index (χ2v) is 6.30. The Kier molecular flexibility index (Phi) is 67.2. The van der Waals surface area contributed by atoms with Crippen LogP contribution in [0.4, 0.5) is 0 Å². The molecule has 0 amide bonds. The third kappa shape index (κ3) is 28.7. The van der Waals surface area contributed by atoms with Crippen LogP contribution in [0.1, 0.15) is 82.6 Å². The van der Waals surface area contributed by atoms with Crippen molar-refractivity contribution >= 4 is 32.9 Å². The molecule has 0 aliphatic rings. The van der Waals surface area contributed by atoms with Crippen LogP contribution in [-0.2, 0) is 66.2 Å². The summed E-state index contributed by atoms with van der Waals surface area (Å²) in [6.07, 6.45) is 3.69. The van der Waals surface area contributed by atoms with Gasteiger partial charge in [0.1, 0.15) is 0 Å². The number of hydrogen-bond acceptors (Lipinski definition) is 6. The summed E-state index contributed by atoms with van der Waals surface area (Å²) < 4.78 is 0. The molecule has 0 spiro atoms. The predicted octanol–water partition coefficient (Wildman–Crippen LogP) is 7.08. The van der Waals surface area contributed by atoms with Crippen molar-refractivity contribution in [2.24, 2.45) is 0 Å². The van der Waals surface area contributed by atoms with E-state index in [9.17, 15) is 5.41 Å². The SMILES string of the molecule is CC.CC.[CH-]=O.[CH-]=O.[CH-]=O.[CH-]=O.[CH2-]Cc1cccc(C([CH2-])/C([NH-])=C\C)n1.[CH2-]Cc1cccc(C([CH2-])C(=[N-])CC)n1.[Mn].[Mn]. The smallest absolute Gasteiger partial charge is 0.0161 e. The van der Waals surface area contributed by atoms with Gasteiger partial charge in [-0.05, 0) is 31.2 Å². The minimum atomic E-state index is -0.230. The minimum absolute atomic E-state index is 0. The fourth-order valence-corrected chi connectivity index (χ4v) is 2.44. The quantitative estimate of drug-likeness (QED) is 0.135. The zero-order chi connectivity index (χ0) is 33.1. The van der Waals surface area contributed by atoms with Gasteiger partial charge in [-0.2, -0.15) is 5.70 Å². The number of allylic oxidation sites excluding steroid dienone is 2. The van der Waals surface area contributed by atoms with Crippen molar-refractivity contribution in [2.45, 2.75) is 72.6 Å². The van der Waals surface area contributed by atoms with Crippen LogP contribution < -0.4 is 0 Å². The molecule has 8 nitrogen and oxygen atoms in total. The third-order valence-electron chi connectivity index (χ3n) is 4.33. The Morgan fingerprint density at radius 3 is 1.36 bits per heavy atom. The van der Waals surface area contributed by atoms with Gasteiger partial charge in [-0.1, -0.05) is 53.2 Å². The Morgan fingerprint density at radius 2 is 1.10 bits per heavy atom. The maximum Gasteiger partial charge on any atom is 0.0161 e. The molecule has 0 aromatic carbocycles. The number of hydrogen-bond donors (Lipinski definition) is 0. The monoisotopic (exact) mass is 660 g/mol. The van der Waals surface area contributed by atoms with Crippen LogP contribution in [0.3, 0.4) is 0 Å². The van der Waals surface area contributed by atoms with Gasteiger partial charge in [0, 0.05) is 56.9 Å². The first kappa shape index (κ1) is 58.8. The molecule has 2 atom stereocenters. The molecule has 0 bridgehead atoms. The van der Waals surface area contributed by atoms with E-state index in [-0.39, 0.29) is 46.0 Å². The van der Waals surface area contributed by atoms with Gasteiger partial charge >= 0.3 is 0 Å². The van der Waals surface area contributed by atoms with E-state index in [1.54, 1.807) is 6.08 Å². The molecular weight excluding hydrogens is 614 g/mol. The molecule has 42 heavy (non-hydrogen) atoms. The van der Waals surface area contributed by atoms with Crippen molar-refractivity contribution in [1.82, 2.24) is 9.97 Å². The molecule has 0 aliphatic heterocycles. The molecule has 1 N–H and O–H groups in total. The van der Waals surface area contributed by atoms with Gasteiger partial charge < -0.3 is 58.0 Å². The minimum Gasteiger partial charge on any atom is -0.813 e. The number of nitrogens with zero attached hydrogens (tertiary/aromatic N) is 3. The van der Waals surface area contributed by atoms with Crippen molar-refractivity contribution in [3.8, 4) is 0 Å². The normalized spacial score (nSPS) is 9.52. The van der Waals surface area contributed by atoms with Gasteiger partial charge in [-0.25, -0.2) is 5.71 Å². The van der Waals surface area contributed by atoms with Gasteiger partial charge in [0.2, 0.25) is 0 Å². The van der Waals surface area contributed by atoms with Gasteiger partial charge in [-0.15, -0.1) is 30.8 Å². The predicted molar refractivity (Wildman–Crippen MR) is 169 cm³/mol. The largest absolute Gasteiger partial charge is 0.813 e. The fraction of sp³-hybridized carbons (Fsp3) is 0.344. The van der Waals surface area contributed by atoms with Crippen molar-refractivity contribution < 1.29 is 53.3 Å². The first-order valence-corrected chi connectivity index (χ1v) is 12.4. The number of aromatic nitrogens is 2. The van der Waals surface area contributed by atoms with E-state index in [4.69, 9.17) is 24.9 Å². The third-order valence-corrected chi connectivity index (χ3v) is 4.33. The zero-order valence-corrected chi connectivity index (χ0v) is 28.0. The number of nitrogens with one attached hydrogen (secondary N) is 1. The Hall–Kier alpha value is -2.77. The first-order valence-electron chi connectivity index (χ1n) is 12.4. The maximum absolute atomic E-state index is 9.54. The average Bonchev–Trinajstić information content (AvgIpc) is 3.09. The van der Waals surface area contributed by atoms with Gasteiger partial charge in [0.15, 0.2) is 0 Å². The van der Waals surface area contributed by atoms with Crippen LogP contribution in [0.15, 0.2) is 48.2 Å². The standard InChI is InChI=1S/2C12H15N2.2C2H6.4CHO.2Mn/c2*1-4-10-7-6-8-12(14-10)9(3)11(13)5-2;6*1-2;;/h6-9H,1,3-5H2,2H3;5-9,13H,1,3-4H2,2H3;2*1-2H3;4*1H;;/q2*-3;;;4*-1;;/b;11-5+;;;;;;;;. The molecule has 2 aromatic heterocycles. The van der Waals surface area contributed by atoms with Crippen LogP contribution in [0.2, 0.25) is 0 Å². The zero-order valence-electron chi connectivity index (χ0n) is 25.7. The number of pyridine rings is 2. The van der Waals surface area contributed by atoms with Crippen LogP contribution in [0.25, 0.3) is 11.1 Å². The van der Waals surface area contributed by atoms with Gasteiger partial charge in [0.05, 0.1) is 0 Å². The Bertz CT molecular complexity index is 864. The van der Waals surface area contributed by atoms with E-state index < -0.39 is 0 Å². The summed E-state index contributed by atoms with van der Waals surface area (Å²) >= 11 is 0. The molecule has 0 saturated carbocycles. The molecular formula is C32H46Mn2N4O4-10. The number of rotatable bonds is 7. The molecule has 2 rings (SSSR count). The van der Waals surface area contributed by atoms with E-state index in [1.807, 2.05) is 77.9 Å². The topological polar surface area (TPSA) is 140 Å². The Labute approximate surface area is 277 Å². The van der Waals surface area contributed by atoms with E-state index in [1.165, 1.54) is 0 Å². The summed E-state index contributed by atoms with van der Waals surface area (Å²) in [5.74, 6) is -0.405. The molecule has 242 valence electrons. The van der Waals surface area contributed by atoms with E-state index in [2.05, 4.69) is 64.8 Å². The summed E-state index contributed by atoms with van der Waals surface area (Å²) in [5, 5.41) is 9.54.